The number of carbonyl (C=O) groups excluding carboxylic acids is 5. The zero-order chi connectivity index (χ0) is 53.1. The summed E-state index contributed by atoms with van der Waals surface area (Å²) in [5.41, 5.74) is 1.24. The van der Waals surface area contributed by atoms with Crippen LogP contribution in [0, 0.1) is 35.5 Å². The molecule has 3 N–H and O–H groups in total. The van der Waals surface area contributed by atoms with Crippen LogP contribution in [0.4, 0.5) is 0 Å². The molecule has 2 saturated heterocycles. The normalized spacial score (nSPS) is 36.5. The van der Waals surface area contributed by atoms with Gasteiger partial charge in [-0.2, -0.15) is 0 Å². The fourth-order valence-electron chi connectivity index (χ4n) is 10.8. The molecule has 0 unspecified atom stereocenters. The Balaban J connectivity index is 1.71. The Bertz CT molecular complexity index is 1880. The van der Waals surface area contributed by atoms with E-state index in [0.29, 0.717) is 70.2 Å². The molecule has 15 atom stereocenters. The number of nitrogens with zero attached hydrogens (tertiary/aromatic N) is 1. The lowest BCUT2D eigenvalue weighted by Crippen LogP contribution is -2.61. The van der Waals surface area contributed by atoms with Gasteiger partial charge in [0.2, 0.25) is 5.79 Å². The molecule has 3 heterocycles. The van der Waals surface area contributed by atoms with Crippen molar-refractivity contribution in [2.45, 2.75) is 186 Å². The highest BCUT2D eigenvalue weighted by Crippen LogP contribution is 2.38. The summed E-state index contributed by atoms with van der Waals surface area (Å²) in [7, 11) is 4.61. The highest BCUT2D eigenvalue weighted by Gasteiger charge is 2.53. The molecular formula is C56H89NO15. The van der Waals surface area contributed by atoms with E-state index in [4.69, 9.17) is 33.2 Å². The predicted molar refractivity (Wildman–Crippen MR) is 271 cm³/mol. The number of amides is 1. The molecule has 0 radical (unpaired) electrons. The van der Waals surface area contributed by atoms with Gasteiger partial charge in [-0.15, -0.1) is 0 Å². The van der Waals surface area contributed by atoms with Gasteiger partial charge in [0, 0.05) is 71.7 Å². The number of esters is 1. The van der Waals surface area contributed by atoms with Gasteiger partial charge in [0.05, 0.1) is 37.6 Å². The highest BCUT2D eigenvalue weighted by atomic mass is 16.6. The van der Waals surface area contributed by atoms with Gasteiger partial charge in [-0.1, -0.05) is 71.1 Å². The molecule has 0 aromatic carbocycles. The van der Waals surface area contributed by atoms with Gasteiger partial charge >= 0.3 is 5.97 Å². The van der Waals surface area contributed by atoms with Crippen molar-refractivity contribution in [3.05, 3.63) is 47.6 Å². The van der Waals surface area contributed by atoms with Crippen LogP contribution in [0.5, 0.6) is 0 Å². The summed E-state index contributed by atoms with van der Waals surface area (Å²) in [4.78, 5) is 72.6. The SMILES string of the molecule is COCCO[C@H]1C[C@@H]2CC[C@@H](C)[C@@](O)(O2)C(=O)C(=O)N2CCCC[C@H]2C(=O)O[C@H]([C@H](C)C[C@@H]2CC[C@@H](OCCCO)[C@H](OC)C2)CC(=O)[C@H](C)/C=C(\C)[C@@H](O)[C@@H](OC)C(=O)[C@H](C)C[C@H](C)/C=C/C=CC=C1C. The number of allylic oxidation sites excluding steroid dienone is 6. The second kappa shape index (κ2) is 30.2. The lowest BCUT2D eigenvalue weighted by molar-refractivity contribution is -0.266. The number of rotatable bonds is 13. The number of aliphatic hydroxyl groups excluding tert-OH is 2. The summed E-state index contributed by atoms with van der Waals surface area (Å²) < 4.78 is 41.6. The van der Waals surface area contributed by atoms with Crippen LogP contribution in [-0.2, 0) is 57.1 Å². The minimum Gasteiger partial charge on any atom is -0.460 e. The first-order chi connectivity index (χ1) is 34.3. The Morgan fingerprint density at radius 1 is 0.833 bits per heavy atom. The van der Waals surface area contributed by atoms with Gasteiger partial charge in [0.1, 0.15) is 30.1 Å². The van der Waals surface area contributed by atoms with Crippen molar-refractivity contribution in [3.63, 3.8) is 0 Å². The molecule has 4 rings (SSSR count). The first kappa shape index (κ1) is 61.1. The average molecular weight is 1020 g/mol. The Labute approximate surface area is 429 Å². The molecule has 0 aromatic heterocycles. The number of carbonyl (C=O) groups is 5. The van der Waals surface area contributed by atoms with E-state index in [1.54, 1.807) is 41.1 Å². The number of ether oxygens (including phenoxy) is 7. The molecule has 1 aliphatic carbocycles. The number of ketones is 3. The molecule has 3 aliphatic heterocycles. The summed E-state index contributed by atoms with van der Waals surface area (Å²) in [6.07, 6.45) is 12.4. The molecule has 408 valence electrons. The fraction of sp³-hybridized carbons (Fsp3) is 0.768. The molecule has 72 heavy (non-hydrogen) atoms. The molecule has 3 fully saturated rings. The lowest BCUT2D eigenvalue weighted by Gasteiger charge is -2.43. The number of methoxy groups -OCH3 is 3. The van der Waals surface area contributed by atoms with Crippen LogP contribution in [0.2, 0.25) is 0 Å². The fourth-order valence-corrected chi connectivity index (χ4v) is 10.8. The molecule has 2 bridgehead atoms. The zero-order valence-electron chi connectivity index (χ0n) is 45.0. The monoisotopic (exact) mass is 1020 g/mol. The van der Waals surface area contributed by atoms with Crippen LogP contribution >= 0.6 is 0 Å². The molecule has 16 nitrogen and oxygen atoms in total. The van der Waals surface area contributed by atoms with Gasteiger partial charge < -0.3 is 53.4 Å². The van der Waals surface area contributed by atoms with Crippen LogP contribution in [0.1, 0.15) is 132 Å². The Morgan fingerprint density at radius 3 is 2.28 bits per heavy atom. The third-order valence-corrected chi connectivity index (χ3v) is 15.4. The Hall–Kier alpha value is -3.45. The number of cyclic esters (lactones) is 1. The Kier molecular flexibility index (Phi) is 25.6. The van der Waals surface area contributed by atoms with E-state index in [9.17, 15) is 39.3 Å². The third-order valence-electron chi connectivity index (χ3n) is 15.4. The summed E-state index contributed by atoms with van der Waals surface area (Å²) in [5.74, 6) is -8.06. The molecular weight excluding hydrogens is 927 g/mol. The van der Waals surface area contributed by atoms with E-state index in [1.807, 2.05) is 58.1 Å². The lowest BCUT2D eigenvalue weighted by atomic mass is 9.78. The smallest absolute Gasteiger partial charge is 0.329 e. The van der Waals surface area contributed by atoms with Crippen LogP contribution in [0.15, 0.2) is 47.6 Å². The van der Waals surface area contributed by atoms with Crippen molar-refractivity contribution in [1.82, 2.24) is 4.90 Å². The standard InChI is InChI=1S/C56H89NO15/c1-35-17-12-11-13-18-36(2)47(70-28-27-66-8)33-43-22-20-41(7)56(65,72-43)53(62)54(63)57-24-15-14-19-44(57)55(64)71-48(38(4)31-42-21-23-46(49(32-42)67-9)69-26-16-25-58)34-45(59)37(3)30-40(6)51(61)52(68-10)50(60)39(5)29-35/h11-13,17-18,30,35,37-39,41-44,46-49,51-52,58,61,65H,14-16,19-29,31-34H2,1-10H3/b13-11?,17-12+,36-18?,40-30+/t35-,37-,38-,39-,41-,42+,43+,44+,46-,47+,48+,49-,51-,52+,56-/m1/s1. The Morgan fingerprint density at radius 2 is 1.58 bits per heavy atom. The van der Waals surface area contributed by atoms with Gasteiger partial charge in [0.15, 0.2) is 5.78 Å². The topological polar surface area (TPSA) is 214 Å². The third kappa shape index (κ3) is 17.3. The molecule has 1 amide bonds. The molecule has 16 heteroatoms. The van der Waals surface area contributed by atoms with Crippen LogP contribution < -0.4 is 0 Å². The minimum absolute atomic E-state index is 0.000907. The van der Waals surface area contributed by atoms with Crippen LogP contribution in [-0.4, -0.2) is 158 Å². The summed E-state index contributed by atoms with van der Waals surface area (Å²) in [6.45, 7) is 13.9. The maximum Gasteiger partial charge on any atom is 0.329 e. The van der Waals surface area contributed by atoms with Gasteiger partial charge in [0.25, 0.3) is 11.7 Å². The summed E-state index contributed by atoms with van der Waals surface area (Å²) >= 11 is 0. The van der Waals surface area contributed by atoms with Crippen molar-refractivity contribution < 1.29 is 72.5 Å². The predicted octanol–water partition coefficient (Wildman–Crippen LogP) is 6.60. The molecule has 1 saturated carbocycles. The van der Waals surface area contributed by atoms with Crippen LogP contribution in [0.3, 0.4) is 0 Å². The van der Waals surface area contributed by atoms with Crippen molar-refractivity contribution in [1.29, 1.82) is 0 Å². The molecule has 0 spiro atoms. The second-order valence-electron chi connectivity index (χ2n) is 21.1. The number of aliphatic hydroxyl groups is 3. The van der Waals surface area contributed by atoms with Crippen molar-refractivity contribution >= 4 is 29.2 Å². The first-order valence-electron chi connectivity index (χ1n) is 26.6. The van der Waals surface area contributed by atoms with E-state index < -0.39 is 77.8 Å². The van der Waals surface area contributed by atoms with E-state index in [2.05, 4.69) is 0 Å². The number of hydrogen-bond donors (Lipinski definition) is 3. The van der Waals surface area contributed by atoms with Crippen molar-refractivity contribution in [2.75, 3.05) is 54.3 Å². The van der Waals surface area contributed by atoms with E-state index in [-0.39, 0.29) is 80.5 Å². The number of fused-ring (bicyclic) bond motifs is 3. The number of piperidine rings is 1. The molecule has 4 aliphatic rings. The largest absolute Gasteiger partial charge is 0.460 e. The zero-order valence-corrected chi connectivity index (χ0v) is 45.0. The first-order valence-corrected chi connectivity index (χ1v) is 26.6. The van der Waals surface area contributed by atoms with E-state index >= 15 is 0 Å². The number of Topliss-reactive ketones (excluding diaryl/α,β-unsaturated/α-hetero) is 3. The van der Waals surface area contributed by atoms with Gasteiger partial charge in [-0.3, -0.25) is 19.2 Å². The minimum atomic E-state index is -2.46. The van der Waals surface area contributed by atoms with Gasteiger partial charge in [-0.05, 0) is 113 Å². The van der Waals surface area contributed by atoms with E-state index in [0.717, 1.165) is 18.4 Å². The average Bonchev–Trinajstić information content (AvgIpc) is 3.36. The maximum absolute atomic E-state index is 14.6. The second-order valence-corrected chi connectivity index (χ2v) is 21.1. The maximum atomic E-state index is 14.6. The van der Waals surface area contributed by atoms with Crippen molar-refractivity contribution in [2.24, 2.45) is 35.5 Å². The van der Waals surface area contributed by atoms with E-state index in [1.165, 1.54) is 12.0 Å². The molecule has 0 aromatic rings. The number of hydrogen-bond acceptors (Lipinski definition) is 15. The summed E-state index contributed by atoms with van der Waals surface area (Å²) in [6, 6.07) is -1.16. The highest BCUT2D eigenvalue weighted by molar-refractivity contribution is 6.39. The van der Waals surface area contributed by atoms with Crippen molar-refractivity contribution in [3.8, 4) is 0 Å². The van der Waals surface area contributed by atoms with Gasteiger partial charge in [-0.25, -0.2) is 4.79 Å². The van der Waals surface area contributed by atoms with Crippen LogP contribution in [0.25, 0.3) is 0 Å². The summed E-state index contributed by atoms with van der Waals surface area (Å²) in [5, 5.41) is 32.9. The quantitative estimate of drug-likeness (QED) is 0.0767.